The van der Waals surface area contributed by atoms with Gasteiger partial charge in [-0.15, -0.1) is 0 Å². The fourth-order valence-electron chi connectivity index (χ4n) is 2.76. The summed E-state index contributed by atoms with van der Waals surface area (Å²) in [7, 11) is 0. The molecule has 1 saturated heterocycles. The fourth-order valence-corrected chi connectivity index (χ4v) is 2.76. The number of aromatic amines is 1. The first-order chi connectivity index (χ1) is 12.8. The number of nitrogens with one attached hydrogen (secondary N) is 2. The molecule has 0 bridgehead atoms. The van der Waals surface area contributed by atoms with Crippen molar-refractivity contribution in [3.8, 4) is 17.1 Å². The van der Waals surface area contributed by atoms with Crippen LogP contribution in [-0.4, -0.2) is 59.1 Å². The Morgan fingerprint density at radius 2 is 2.04 bits per heavy atom. The van der Waals surface area contributed by atoms with Crippen molar-refractivity contribution in [2.24, 2.45) is 0 Å². The predicted octanol–water partition coefficient (Wildman–Crippen LogP) is 2.29. The van der Waals surface area contributed by atoms with Gasteiger partial charge in [0.05, 0.1) is 11.1 Å². The Labute approximate surface area is 152 Å². The van der Waals surface area contributed by atoms with E-state index in [1.54, 1.807) is 0 Å². The molecule has 27 heavy (non-hydrogen) atoms. The molecule has 3 rings (SSSR count). The Morgan fingerprint density at radius 1 is 1.30 bits per heavy atom. The quantitative estimate of drug-likeness (QED) is 0.585. The van der Waals surface area contributed by atoms with Gasteiger partial charge >= 0.3 is 11.9 Å². The van der Waals surface area contributed by atoms with Crippen LogP contribution in [0.2, 0.25) is 0 Å². The van der Waals surface area contributed by atoms with Crippen LogP contribution < -0.4 is 10.1 Å². The molecule has 1 aliphatic rings. The van der Waals surface area contributed by atoms with Gasteiger partial charge in [0.25, 0.3) is 0 Å². The highest BCUT2D eigenvalue weighted by Gasteiger charge is 2.33. The van der Waals surface area contributed by atoms with Crippen molar-refractivity contribution < 1.29 is 22.8 Å². The standard InChI is InChI=1S/C16H18F3N5O3/c17-16(18,19)14-10-21-15(22-14)11-1-2-13(12(9-11)24(25)26)27-8-7-23-5-3-20-4-6-23/h1-2,9-10,20H,3-8H2,(H,21,22). The monoisotopic (exact) mass is 385 g/mol. The van der Waals surface area contributed by atoms with Gasteiger partial charge in [-0.25, -0.2) is 4.98 Å². The van der Waals surface area contributed by atoms with Gasteiger partial charge in [-0.3, -0.25) is 15.0 Å². The summed E-state index contributed by atoms with van der Waals surface area (Å²) in [6, 6.07) is 3.96. The van der Waals surface area contributed by atoms with E-state index in [-0.39, 0.29) is 29.4 Å². The van der Waals surface area contributed by atoms with Crippen LogP contribution in [0.1, 0.15) is 5.69 Å². The van der Waals surface area contributed by atoms with E-state index in [4.69, 9.17) is 4.74 Å². The summed E-state index contributed by atoms with van der Waals surface area (Å²) in [6.45, 7) is 4.44. The molecule has 1 aliphatic heterocycles. The molecule has 2 heterocycles. The van der Waals surface area contributed by atoms with Gasteiger partial charge in [-0.1, -0.05) is 0 Å². The first-order valence-electron chi connectivity index (χ1n) is 8.31. The van der Waals surface area contributed by atoms with E-state index < -0.39 is 16.8 Å². The Hall–Kier alpha value is -2.66. The smallest absolute Gasteiger partial charge is 0.432 e. The Bertz CT molecular complexity index is 803. The third-order valence-corrected chi connectivity index (χ3v) is 4.18. The average Bonchev–Trinajstić information content (AvgIpc) is 3.13. The molecule has 0 radical (unpaired) electrons. The summed E-state index contributed by atoms with van der Waals surface area (Å²) in [5.41, 5.74) is -1.17. The first-order valence-corrected chi connectivity index (χ1v) is 8.31. The zero-order valence-electron chi connectivity index (χ0n) is 14.3. The van der Waals surface area contributed by atoms with Crippen LogP contribution in [0.15, 0.2) is 24.4 Å². The van der Waals surface area contributed by atoms with Crippen molar-refractivity contribution in [2.45, 2.75) is 6.18 Å². The number of benzene rings is 1. The van der Waals surface area contributed by atoms with Crippen LogP contribution in [0, 0.1) is 10.1 Å². The molecule has 0 aliphatic carbocycles. The molecule has 11 heteroatoms. The minimum absolute atomic E-state index is 0.0708. The van der Waals surface area contributed by atoms with E-state index in [1.807, 2.05) is 0 Å². The van der Waals surface area contributed by atoms with Crippen LogP contribution >= 0.6 is 0 Å². The number of alkyl halides is 3. The molecule has 0 spiro atoms. The van der Waals surface area contributed by atoms with Crippen LogP contribution in [0.3, 0.4) is 0 Å². The van der Waals surface area contributed by atoms with Gasteiger partial charge in [0.1, 0.15) is 18.1 Å². The minimum atomic E-state index is -4.57. The number of piperazine rings is 1. The van der Waals surface area contributed by atoms with E-state index >= 15 is 0 Å². The summed E-state index contributed by atoms with van der Waals surface area (Å²) < 4.78 is 43.6. The highest BCUT2D eigenvalue weighted by atomic mass is 19.4. The largest absolute Gasteiger partial charge is 0.485 e. The minimum Gasteiger partial charge on any atom is -0.485 e. The number of nitro groups is 1. The zero-order chi connectivity index (χ0) is 19.4. The zero-order valence-corrected chi connectivity index (χ0v) is 14.3. The molecule has 2 aromatic rings. The third-order valence-electron chi connectivity index (χ3n) is 4.18. The van der Waals surface area contributed by atoms with Gasteiger partial charge in [0.2, 0.25) is 0 Å². The summed E-state index contributed by atoms with van der Waals surface area (Å²) in [4.78, 5) is 18.7. The van der Waals surface area contributed by atoms with E-state index in [0.717, 1.165) is 32.2 Å². The third kappa shape index (κ3) is 4.74. The molecule has 1 aromatic carbocycles. The van der Waals surface area contributed by atoms with Gasteiger partial charge in [0, 0.05) is 44.4 Å². The molecule has 0 amide bonds. The molecule has 1 aromatic heterocycles. The van der Waals surface area contributed by atoms with Crippen LogP contribution in [-0.2, 0) is 6.18 Å². The van der Waals surface area contributed by atoms with Crippen molar-refractivity contribution in [3.05, 3.63) is 40.2 Å². The van der Waals surface area contributed by atoms with E-state index in [2.05, 4.69) is 20.2 Å². The average molecular weight is 385 g/mol. The summed E-state index contributed by atoms with van der Waals surface area (Å²) in [6.07, 6.45) is -3.91. The van der Waals surface area contributed by atoms with Crippen molar-refractivity contribution in [3.63, 3.8) is 0 Å². The number of imidazole rings is 1. The molecular formula is C16H18F3N5O3. The lowest BCUT2D eigenvalue weighted by molar-refractivity contribution is -0.385. The van der Waals surface area contributed by atoms with Crippen LogP contribution in [0.25, 0.3) is 11.4 Å². The van der Waals surface area contributed by atoms with Crippen molar-refractivity contribution >= 4 is 5.69 Å². The second-order valence-electron chi connectivity index (χ2n) is 6.02. The molecule has 0 saturated carbocycles. The summed E-state index contributed by atoms with van der Waals surface area (Å²) in [5.74, 6) is -0.0284. The lowest BCUT2D eigenvalue weighted by Crippen LogP contribution is -2.44. The lowest BCUT2D eigenvalue weighted by atomic mass is 10.2. The number of hydrogen-bond acceptors (Lipinski definition) is 6. The number of nitro benzene ring substituents is 1. The predicted molar refractivity (Wildman–Crippen MR) is 90.5 cm³/mol. The molecule has 1 fully saturated rings. The molecular weight excluding hydrogens is 367 g/mol. The van der Waals surface area contributed by atoms with Crippen molar-refractivity contribution in [2.75, 3.05) is 39.3 Å². The van der Waals surface area contributed by atoms with E-state index in [1.165, 1.54) is 12.1 Å². The molecule has 0 atom stereocenters. The topological polar surface area (TPSA) is 96.3 Å². The first kappa shape index (κ1) is 19.1. The van der Waals surface area contributed by atoms with Crippen LogP contribution in [0.5, 0.6) is 5.75 Å². The summed E-state index contributed by atoms with van der Waals surface area (Å²) in [5, 5.41) is 14.6. The van der Waals surface area contributed by atoms with E-state index in [0.29, 0.717) is 12.7 Å². The van der Waals surface area contributed by atoms with E-state index in [9.17, 15) is 23.3 Å². The van der Waals surface area contributed by atoms with Gasteiger partial charge in [-0.2, -0.15) is 13.2 Å². The maximum Gasteiger partial charge on any atom is 0.432 e. The maximum atomic E-state index is 12.7. The van der Waals surface area contributed by atoms with Crippen molar-refractivity contribution in [1.82, 2.24) is 20.2 Å². The number of nitrogens with zero attached hydrogens (tertiary/aromatic N) is 3. The highest BCUT2D eigenvalue weighted by molar-refractivity contribution is 5.63. The fraction of sp³-hybridized carbons (Fsp3) is 0.438. The van der Waals surface area contributed by atoms with Gasteiger partial charge in [0.15, 0.2) is 5.75 Å². The Morgan fingerprint density at radius 3 is 2.67 bits per heavy atom. The highest BCUT2D eigenvalue weighted by Crippen LogP contribution is 2.33. The second kappa shape index (κ2) is 7.92. The molecule has 0 unspecified atom stereocenters. The Balaban J connectivity index is 1.72. The lowest BCUT2D eigenvalue weighted by Gasteiger charge is -2.26. The number of hydrogen-bond donors (Lipinski definition) is 2. The molecule has 8 nitrogen and oxygen atoms in total. The normalized spacial score (nSPS) is 15.7. The number of halogens is 3. The van der Waals surface area contributed by atoms with Crippen LogP contribution in [0.4, 0.5) is 18.9 Å². The summed E-state index contributed by atoms with van der Waals surface area (Å²) >= 11 is 0. The number of ether oxygens (including phenoxy) is 1. The number of H-pyrrole nitrogens is 1. The maximum absolute atomic E-state index is 12.7. The number of aromatic nitrogens is 2. The molecule has 146 valence electrons. The second-order valence-corrected chi connectivity index (χ2v) is 6.02. The van der Waals surface area contributed by atoms with Gasteiger partial charge in [-0.05, 0) is 12.1 Å². The van der Waals surface area contributed by atoms with Crippen molar-refractivity contribution in [1.29, 1.82) is 0 Å². The number of rotatable bonds is 6. The Kier molecular flexibility index (Phi) is 5.61. The molecule has 2 N–H and O–H groups in total. The SMILES string of the molecule is O=[N+]([O-])c1cc(-c2ncc(C(F)(F)F)[nH]2)ccc1OCCN1CCNCC1. The van der Waals surface area contributed by atoms with Gasteiger partial charge < -0.3 is 15.0 Å².